The second kappa shape index (κ2) is 11.1. The van der Waals surface area contributed by atoms with Gasteiger partial charge in [0.15, 0.2) is 0 Å². The molecule has 3 aromatic rings. The van der Waals surface area contributed by atoms with Gasteiger partial charge in [0.2, 0.25) is 0 Å². The van der Waals surface area contributed by atoms with Gasteiger partial charge in [-0.15, -0.1) is 0 Å². The van der Waals surface area contributed by atoms with E-state index in [1.54, 1.807) is 0 Å². The molecule has 0 spiro atoms. The van der Waals surface area contributed by atoms with Crippen molar-refractivity contribution in [3.8, 4) is 22.3 Å². The van der Waals surface area contributed by atoms with Crippen LogP contribution in [0.3, 0.4) is 0 Å². The van der Waals surface area contributed by atoms with Crippen molar-refractivity contribution in [2.75, 3.05) is 0 Å². The van der Waals surface area contributed by atoms with Crippen molar-refractivity contribution < 1.29 is 18.9 Å². The Balaban J connectivity index is 0.00000363. The Hall–Kier alpha value is -1.52. The summed E-state index contributed by atoms with van der Waals surface area (Å²) in [6, 6.07) is 20.1. The minimum absolute atomic E-state index is 0. The molecule has 0 N–H and O–H groups in total. The molecular formula is C30H37LiS. The predicted octanol–water partition coefficient (Wildman–Crippen LogP) is 6.42. The maximum absolute atomic E-state index is 6.24. The third-order valence-corrected chi connectivity index (χ3v) is 6.74. The normalized spacial score (nSPS) is 11.5. The summed E-state index contributed by atoms with van der Waals surface area (Å²) < 4.78 is 0. The molecule has 2 heteroatoms. The smallest absolute Gasteiger partial charge is 0.779 e. The summed E-state index contributed by atoms with van der Waals surface area (Å²) >= 11 is 6.24. The monoisotopic (exact) mass is 436 g/mol. The number of hydrogen-bond acceptors (Lipinski definition) is 1. The first-order chi connectivity index (χ1) is 14.6. The summed E-state index contributed by atoms with van der Waals surface area (Å²) in [4.78, 5) is 0.979. The first-order valence-corrected chi connectivity index (χ1v) is 12.1. The molecule has 0 radical (unpaired) electrons. The minimum atomic E-state index is 0. The fraction of sp³-hybridized carbons (Fsp3) is 0.400. The van der Waals surface area contributed by atoms with E-state index in [1.807, 2.05) is 0 Å². The van der Waals surface area contributed by atoms with Gasteiger partial charge >= 0.3 is 18.9 Å². The van der Waals surface area contributed by atoms with Gasteiger partial charge < -0.3 is 12.6 Å². The molecule has 0 aliphatic rings. The first kappa shape index (κ1) is 26.7. The molecule has 0 aliphatic carbocycles. The van der Waals surface area contributed by atoms with Crippen LogP contribution >= 0.6 is 0 Å². The van der Waals surface area contributed by atoms with E-state index in [-0.39, 0.29) is 18.9 Å². The van der Waals surface area contributed by atoms with Crippen molar-refractivity contribution in [3.05, 3.63) is 76.9 Å². The quantitative estimate of drug-likeness (QED) is 0.317. The van der Waals surface area contributed by atoms with Gasteiger partial charge in [-0.3, -0.25) is 0 Å². The van der Waals surface area contributed by atoms with E-state index in [4.69, 9.17) is 12.6 Å². The Kier molecular flexibility index (Phi) is 9.24. The van der Waals surface area contributed by atoms with Gasteiger partial charge in [0, 0.05) is 0 Å². The molecule has 0 fully saturated rings. The third kappa shape index (κ3) is 5.17. The van der Waals surface area contributed by atoms with Gasteiger partial charge in [-0.1, -0.05) is 110 Å². The maximum Gasteiger partial charge on any atom is 1.00 e. The molecule has 0 saturated carbocycles. The minimum Gasteiger partial charge on any atom is -0.779 e. The van der Waals surface area contributed by atoms with Crippen LogP contribution in [0.4, 0.5) is 0 Å². The summed E-state index contributed by atoms with van der Waals surface area (Å²) in [6.07, 6.45) is 0. The van der Waals surface area contributed by atoms with Crippen LogP contribution in [0.5, 0.6) is 0 Å². The van der Waals surface area contributed by atoms with Crippen molar-refractivity contribution in [2.45, 2.75) is 84.0 Å². The Labute approximate surface area is 213 Å². The van der Waals surface area contributed by atoms with Crippen LogP contribution < -0.4 is 18.9 Å². The van der Waals surface area contributed by atoms with E-state index in [2.05, 4.69) is 110 Å². The molecule has 0 nitrogen and oxygen atoms in total. The second-order valence-corrected chi connectivity index (χ2v) is 10.3. The fourth-order valence-electron chi connectivity index (χ4n) is 4.65. The van der Waals surface area contributed by atoms with Crippen LogP contribution in [-0.2, 0) is 12.6 Å². The Morgan fingerprint density at radius 3 is 0.969 bits per heavy atom. The first-order valence-electron chi connectivity index (χ1n) is 11.7. The van der Waals surface area contributed by atoms with E-state index < -0.39 is 0 Å². The third-order valence-electron chi connectivity index (χ3n) is 6.30. The van der Waals surface area contributed by atoms with Gasteiger partial charge in [-0.2, -0.15) is 4.90 Å². The molecule has 0 aliphatic heterocycles. The maximum atomic E-state index is 6.24. The zero-order valence-corrected chi connectivity index (χ0v) is 22.2. The standard InChI is InChI=1S/C30H38S.Li/c1-18(2)22-12-9-13-23(19(3)4)28(22)26-16-11-17-27(30(26)31)29-24(20(5)6)14-10-15-25(29)21(7)8;/h9-21,31H,1-8H3;/q;+1/p-1. The Morgan fingerprint density at radius 1 is 0.469 bits per heavy atom. The molecule has 0 bridgehead atoms. The molecule has 3 aromatic carbocycles. The van der Waals surface area contributed by atoms with Crippen LogP contribution in [0, 0.1) is 0 Å². The fourth-order valence-corrected chi connectivity index (χ4v) is 5.00. The molecule has 0 heterocycles. The van der Waals surface area contributed by atoms with Gasteiger partial charge in [0.25, 0.3) is 0 Å². The van der Waals surface area contributed by atoms with E-state index in [0.717, 1.165) is 4.90 Å². The molecule has 0 aromatic heterocycles. The van der Waals surface area contributed by atoms with Crippen LogP contribution in [0.2, 0.25) is 0 Å². The van der Waals surface area contributed by atoms with E-state index in [1.165, 1.54) is 44.5 Å². The Bertz CT molecular complexity index is 926. The second-order valence-electron chi connectivity index (χ2n) is 9.92. The van der Waals surface area contributed by atoms with E-state index in [0.29, 0.717) is 23.7 Å². The average Bonchev–Trinajstić information content (AvgIpc) is 2.72. The molecule has 0 saturated heterocycles. The molecular weight excluding hydrogens is 399 g/mol. The van der Waals surface area contributed by atoms with Gasteiger partial charge in [-0.25, -0.2) is 0 Å². The Morgan fingerprint density at radius 2 is 0.719 bits per heavy atom. The number of hydrogen-bond donors (Lipinski definition) is 0. The van der Waals surface area contributed by atoms with Crippen LogP contribution in [-0.4, -0.2) is 0 Å². The van der Waals surface area contributed by atoms with Gasteiger partial charge in [0.05, 0.1) is 0 Å². The summed E-state index contributed by atoms with van der Waals surface area (Å²) in [5.41, 5.74) is 10.6. The molecule has 164 valence electrons. The molecule has 3 rings (SSSR count). The summed E-state index contributed by atoms with van der Waals surface area (Å²) in [7, 11) is 0. The van der Waals surface area contributed by atoms with Gasteiger partial charge in [-0.05, 0) is 68.2 Å². The average molecular weight is 437 g/mol. The van der Waals surface area contributed by atoms with Gasteiger partial charge in [0.1, 0.15) is 0 Å². The predicted molar refractivity (Wildman–Crippen MR) is 139 cm³/mol. The van der Waals surface area contributed by atoms with E-state index >= 15 is 0 Å². The van der Waals surface area contributed by atoms with Crippen molar-refractivity contribution in [3.63, 3.8) is 0 Å². The largest absolute Gasteiger partial charge is 1.00 e. The molecule has 0 unspecified atom stereocenters. The molecule has 0 amide bonds. The summed E-state index contributed by atoms with van der Waals surface area (Å²) in [5, 5.41) is 0. The van der Waals surface area contributed by atoms with E-state index in [9.17, 15) is 0 Å². The zero-order chi connectivity index (χ0) is 22.9. The molecule has 0 atom stereocenters. The zero-order valence-electron chi connectivity index (χ0n) is 21.4. The van der Waals surface area contributed by atoms with Crippen molar-refractivity contribution >= 4 is 12.6 Å². The van der Waals surface area contributed by atoms with Crippen LogP contribution in [0.1, 0.15) is 101 Å². The van der Waals surface area contributed by atoms with Crippen molar-refractivity contribution in [2.24, 2.45) is 0 Å². The van der Waals surface area contributed by atoms with Crippen molar-refractivity contribution in [1.82, 2.24) is 0 Å². The van der Waals surface area contributed by atoms with Crippen LogP contribution in [0.25, 0.3) is 22.3 Å². The molecule has 32 heavy (non-hydrogen) atoms. The SMILES string of the molecule is CC(C)c1cccc(C(C)C)c1-c1cccc(-c2c(C(C)C)cccc2C(C)C)c1[S-].[Li+]. The summed E-state index contributed by atoms with van der Waals surface area (Å²) in [6.45, 7) is 18.2. The van der Waals surface area contributed by atoms with Crippen molar-refractivity contribution in [1.29, 1.82) is 0 Å². The summed E-state index contributed by atoms with van der Waals surface area (Å²) in [5.74, 6) is 1.78. The topological polar surface area (TPSA) is 0 Å². The van der Waals surface area contributed by atoms with Crippen LogP contribution in [0.15, 0.2) is 59.5 Å². The number of rotatable bonds is 6. The number of benzene rings is 3.